The highest BCUT2D eigenvalue weighted by Gasteiger charge is 2.30. The van der Waals surface area contributed by atoms with E-state index in [1.807, 2.05) is 0 Å². The Hall–Kier alpha value is -0.730. The number of hydrogen-bond acceptors (Lipinski definition) is 4. The SMILES string of the molecule is COC1CCC(NS(=O)(=O)c2cc(Cl)cc(CN)c2F)C1. The van der Waals surface area contributed by atoms with Gasteiger partial charge in [-0.05, 0) is 31.4 Å². The summed E-state index contributed by atoms with van der Waals surface area (Å²) in [4.78, 5) is -0.462. The van der Waals surface area contributed by atoms with Crippen molar-refractivity contribution < 1.29 is 17.5 Å². The fourth-order valence-electron chi connectivity index (χ4n) is 2.51. The van der Waals surface area contributed by atoms with E-state index in [0.717, 1.165) is 12.5 Å². The average Bonchev–Trinajstić information content (AvgIpc) is 2.87. The van der Waals surface area contributed by atoms with Crippen LogP contribution < -0.4 is 10.5 Å². The van der Waals surface area contributed by atoms with Crippen LogP contribution in [-0.4, -0.2) is 27.7 Å². The van der Waals surface area contributed by atoms with Gasteiger partial charge < -0.3 is 10.5 Å². The molecular formula is C13H18ClFN2O3S. The maximum Gasteiger partial charge on any atom is 0.243 e. The first-order valence-corrected chi connectivity index (χ1v) is 8.46. The highest BCUT2D eigenvalue weighted by molar-refractivity contribution is 7.89. The zero-order valence-electron chi connectivity index (χ0n) is 11.6. The largest absolute Gasteiger partial charge is 0.381 e. The molecule has 3 N–H and O–H groups in total. The lowest BCUT2D eigenvalue weighted by atomic mass is 10.2. The second-order valence-corrected chi connectivity index (χ2v) is 7.19. The number of nitrogens with one attached hydrogen (secondary N) is 1. The van der Waals surface area contributed by atoms with Crippen LogP contribution in [-0.2, 0) is 21.3 Å². The zero-order chi connectivity index (χ0) is 15.6. The van der Waals surface area contributed by atoms with Crippen molar-refractivity contribution in [3.63, 3.8) is 0 Å². The molecule has 0 aromatic heterocycles. The average molecular weight is 337 g/mol. The van der Waals surface area contributed by atoms with Crippen molar-refractivity contribution in [2.45, 2.75) is 42.8 Å². The normalized spacial score (nSPS) is 22.7. The molecule has 1 aromatic rings. The van der Waals surface area contributed by atoms with Gasteiger partial charge in [0.2, 0.25) is 10.0 Å². The van der Waals surface area contributed by atoms with Crippen LogP contribution in [0.25, 0.3) is 0 Å². The Morgan fingerprint density at radius 3 is 2.76 bits per heavy atom. The van der Waals surface area contributed by atoms with Crippen LogP contribution in [0.15, 0.2) is 17.0 Å². The van der Waals surface area contributed by atoms with E-state index in [1.165, 1.54) is 6.07 Å². The molecule has 2 atom stereocenters. The fourth-order valence-corrected chi connectivity index (χ4v) is 4.24. The van der Waals surface area contributed by atoms with Crippen LogP contribution in [0.3, 0.4) is 0 Å². The number of halogens is 2. The highest BCUT2D eigenvalue weighted by Crippen LogP contribution is 2.26. The Balaban J connectivity index is 2.26. The van der Waals surface area contributed by atoms with Gasteiger partial charge in [-0.25, -0.2) is 17.5 Å². The third kappa shape index (κ3) is 3.73. The van der Waals surface area contributed by atoms with Crippen LogP contribution in [0, 0.1) is 5.82 Å². The van der Waals surface area contributed by atoms with Crippen LogP contribution in [0.4, 0.5) is 4.39 Å². The van der Waals surface area contributed by atoms with Gasteiger partial charge >= 0.3 is 0 Å². The molecule has 21 heavy (non-hydrogen) atoms. The molecule has 1 aliphatic carbocycles. The first kappa shape index (κ1) is 16.6. The first-order valence-electron chi connectivity index (χ1n) is 6.60. The standard InChI is InChI=1S/C13H18ClFN2O3S/c1-20-11-3-2-10(6-11)17-21(18,19)12-5-9(14)4-8(7-16)13(12)15/h4-5,10-11,17H,2-3,6-7,16H2,1H3. The minimum absolute atomic E-state index is 0.0292. The third-order valence-electron chi connectivity index (χ3n) is 3.63. The summed E-state index contributed by atoms with van der Waals surface area (Å²) >= 11 is 5.83. The van der Waals surface area contributed by atoms with E-state index in [-0.39, 0.29) is 29.3 Å². The second kappa shape index (κ2) is 6.58. The van der Waals surface area contributed by atoms with Crippen molar-refractivity contribution in [2.75, 3.05) is 7.11 Å². The summed E-state index contributed by atoms with van der Waals surface area (Å²) < 4.78 is 46.6. The van der Waals surface area contributed by atoms with E-state index in [1.54, 1.807) is 7.11 Å². The lowest BCUT2D eigenvalue weighted by molar-refractivity contribution is 0.107. The van der Waals surface area contributed by atoms with E-state index in [0.29, 0.717) is 12.8 Å². The van der Waals surface area contributed by atoms with Gasteiger partial charge in [0.05, 0.1) is 6.10 Å². The number of ether oxygens (including phenoxy) is 1. The lowest BCUT2D eigenvalue weighted by Crippen LogP contribution is -2.34. The highest BCUT2D eigenvalue weighted by atomic mass is 35.5. The number of nitrogens with two attached hydrogens (primary N) is 1. The molecule has 1 fully saturated rings. The van der Waals surface area contributed by atoms with Crippen LogP contribution >= 0.6 is 11.6 Å². The molecule has 0 bridgehead atoms. The molecule has 0 heterocycles. The van der Waals surface area contributed by atoms with Crippen molar-refractivity contribution in [3.05, 3.63) is 28.5 Å². The van der Waals surface area contributed by atoms with Crippen LogP contribution in [0.5, 0.6) is 0 Å². The molecule has 8 heteroatoms. The van der Waals surface area contributed by atoms with Gasteiger partial charge in [-0.3, -0.25) is 0 Å². The molecule has 5 nitrogen and oxygen atoms in total. The second-order valence-electron chi connectivity index (χ2n) is 5.07. The number of sulfonamides is 1. The number of benzene rings is 1. The van der Waals surface area contributed by atoms with Gasteiger partial charge in [-0.2, -0.15) is 0 Å². The first-order chi connectivity index (χ1) is 9.87. The van der Waals surface area contributed by atoms with Gasteiger partial charge in [0.1, 0.15) is 10.7 Å². The maximum atomic E-state index is 14.2. The summed E-state index contributed by atoms with van der Waals surface area (Å²) in [6.45, 7) is -0.121. The topological polar surface area (TPSA) is 81.4 Å². The van der Waals surface area contributed by atoms with E-state index >= 15 is 0 Å². The van der Waals surface area contributed by atoms with Crippen LogP contribution in [0.1, 0.15) is 24.8 Å². The Morgan fingerprint density at radius 1 is 1.48 bits per heavy atom. The molecule has 0 saturated heterocycles. The minimum atomic E-state index is -3.98. The quantitative estimate of drug-likeness (QED) is 0.858. The maximum absolute atomic E-state index is 14.2. The van der Waals surface area contributed by atoms with Gasteiger partial charge in [0.25, 0.3) is 0 Å². The molecule has 0 radical (unpaired) electrons. The molecular weight excluding hydrogens is 319 g/mol. The number of methoxy groups -OCH3 is 1. The number of hydrogen-bond donors (Lipinski definition) is 2. The summed E-state index contributed by atoms with van der Waals surface area (Å²) in [5, 5.41) is 0.137. The molecule has 1 aliphatic rings. The molecule has 1 saturated carbocycles. The predicted molar refractivity (Wildman–Crippen MR) is 78.1 cm³/mol. The van der Waals surface area contributed by atoms with E-state index in [9.17, 15) is 12.8 Å². The summed E-state index contributed by atoms with van der Waals surface area (Å²) in [6, 6.07) is 2.16. The predicted octanol–water partition coefficient (Wildman–Crippen LogP) is 1.78. The number of rotatable bonds is 5. The zero-order valence-corrected chi connectivity index (χ0v) is 13.2. The minimum Gasteiger partial charge on any atom is -0.381 e. The molecule has 0 amide bonds. The molecule has 0 spiro atoms. The Bertz CT molecular complexity index is 624. The van der Waals surface area contributed by atoms with Gasteiger partial charge in [0, 0.05) is 30.3 Å². The molecule has 2 rings (SSSR count). The van der Waals surface area contributed by atoms with E-state index in [2.05, 4.69) is 4.72 Å². The van der Waals surface area contributed by atoms with Gasteiger partial charge in [0.15, 0.2) is 0 Å². The molecule has 1 aromatic carbocycles. The van der Waals surface area contributed by atoms with E-state index in [4.69, 9.17) is 22.1 Å². The Kier molecular flexibility index (Phi) is 5.21. The molecule has 118 valence electrons. The van der Waals surface area contributed by atoms with Gasteiger partial charge in [-0.15, -0.1) is 0 Å². The summed E-state index contributed by atoms with van der Waals surface area (Å²) in [7, 11) is -2.39. The van der Waals surface area contributed by atoms with Crippen molar-refractivity contribution >= 4 is 21.6 Å². The Labute approximate surface area is 128 Å². The lowest BCUT2D eigenvalue weighted by Gasteiger charge is -2.15. The molecule has 0 aliphatic heterocycles. The van der Waals surface area contributed by atoms with Crippen LogP contribution in [0.2, 0.25) is 5.02 Å². The summed E-state index contributed by atoms with van der Waals surface area (Å²) in [5.41, 5.74) is 5.47. The van der Waals surface area contributed by atoms with Crippen molar-refractivity contribution in [1.82, 2.24) is 4.72 Å². The Morgan fingerprint density at radius 2 is 2.19 bits per heavy atom. The smallest absolute Gasteiger partial charge is 0.243 e. The molecule has 2 unspecified atom stereocenters. The van der Waals surface area contributed by atoms with Crippen molar-refractivity contribution in [3.8, 4) is 0 Å². The summed E-state index contributed by atoms with van der Waals surface area (Å²) in [6.07, 6.45) is 2.03. The summed E-state index contributed by atoms with van der Waals surface area (Å²) in [5.74, 6) is -0.851. The van der Waals surface area contributed by atoms with E-state index < -0.39 is 20.7 Å². The van der Waals surface area contributed by atoms with Crippen molar-refractivity contribution in [1.29, 1.82) is 0 Å². The van der Waals surface area contributed by atoms with Crippen molar-refractivity contribution in [2.24, 2.45) is 5.73 Å². The fraction of sp³-hybridized carbons (Fsp3) is 0.538. The van der Waals surface area contributed by atoms with Gasteiger partial charge in [-0.1, -0.05) is 11.6 Å². The third-order valence-corrected chi connectivity index (χ3v) is 5.37. The monoisotopic (exact) mass is 336 g/mol.